The van der Waals surface area contributed by atoms with E-state index in [9.17, 15) is 4.79 Å². The standard InChI is InChI=1S/C17H19ClN4O2/c1-13-10-16(20-19-11-13)21-6-8-22(9-7-21)17(23)12-24-15-4-2-14(18)3-5-15/h2-5,10-11H,6-9,12H2,1H3. The molecule has 2 heterocycles. The van der Waals surface area contributed by atoms with Crippen molar-refractivity contribution in [2.75, 3.05) is 37.7 Å². The van der Waals surface area contributed by atoms with Gasteiger partial charge < -0.3 is 14.5 Å². The maximum absolute atomic E-state index is 12.3. The molecular weight excluding hydrogens is 328 g/mol. The molecule has 3 rings (SSSR count). The molecule has 1 aliphatic rings. The Morgan fingerprint density at radius 2 is 1.92 bits per heavy atom. The first kappa shape index (κ1) is 16.5. The second-order valence-corrected chi connectivity index (χ2v) is 6.14. The lowest BCUT2D eigenvalue weighted by Gasteiger charge is -2.35. The summed E-state index contributed by atoms with van der Waals surface area (Å²) in [6, 6.07) is 8.99. The fourth-order valence-electron chi connectivity index (χ4n) is 2.56. The molecule has 24 heavy (non-hydrogen) atoms. The highest BCUT2D eigenvalue weighted by molar-refractivity contribution is 6.30. The number of rotatable bonds is 4. The van der Waals surface area contributed by atoms with Crippen LogP contribution in [0.3, 0.4) is 0 Å². The van der Waals surface area contributed by atoms with Gasteiger partial charge in [0.05, 0.1) is 6.20 Å². The van der Waals surface area contributed by atoms with Crippen LogP contribution in [0.4, 0.5) is 5.82 Å². The van der Waals surface area contributed by atoms with Crippen molar-refractivity contribution >= 4 is 23.3 Å². The quantitative estimate of drug-likeness (QED) is 0.849. The van der Waals surface area contributed by atoms with Gasteiger partial charge in [-0.15, -0.1) is 5.10 Å². The van der Waals surface area contributed by atoms with Crippen LogP contribution >= 0.6 is 11.6 Å². The van der Waals surface area contributed by atoms with Gasteiger partial charge >= 0.3 is 0 Å². The summed E-state index contributed by atoms with van der Waals surface area (Å²) in [4.78, 5) is 16.2. The molecule has 1 saturated heterocycles. The molecule has 0 unspecified atom stereocenters. The molecule has 1 amide bonds. The highest BCUT2D eigenvalue weighted by Gasteiger charge is 2.22. The number of nitrogens with zero attached hydrogens (tertiary/aromatic N) is 4. The summed E-state index contributed by atoms with van der Waals surface area (Å²) in [7, 11) is 0. The molecule has 7 heteroatoms. The molecule has 0 spiro atoms. The molecule has 0 saturated carbocycles. The van der Waals surface area contributed by atoms with Gasteiger partial charge in [-0.05, 0) is 42.8 Å². The number of hydrogen-bond donors (Lipinski definition) is 0. The van der Waals surface area contributed by atoms with Gasteiger partial charge in [0.25, 0.3) is 5.91 Å². The largest absolute Gasteiger partial charge is 0.484 e. The van der Waals surface area contributed by atoms with E-state index in [1.165, 1.54) is 0 Å². The number of aromatic nitrogens is 2. The van der Waals surface area contributed by atoms with Gasteiger partial charge in [0.15, 0.2) is 12.4 Å². The summed E-state index contributed by atoms with van der Waals surface area (Å²) in [5, 5.41) is 8.78. The van der Waals surface area contributed by atoms with Crippen molar-refractivity contribution in [2.24, 2.45) is 0 Å². The molecule has 0 aliphatic carbocycles. The number of carbonyl (C=O) groups is 1. The molecule has 1 fully saturated rings. The SMILES string of the molecule is Cc1cnnc(N2CCN(C(=O)COc3ccc(Cl)cc3)CC2)c1. The van der Waals surface area contributed by atoms with Crippen LogP contribution in [-0.4, -0.2) is 53.8 Å². The van der Waals surface area contributed by atoms with Crippen LogP contribution in [0.15, 0.2) is 36.5 Å². The Balaban J connectivity index is 1.49. The first-order chi connectivity index (χ1) is 11.6. The number of benzene rings is 1. The normalized spacial score (nSPS) is 14.6. The van der Waals surface area contributed by atoms with Gasteiger partial charge in [-0.25, -0.2) is 0 Å². The average Bonchev–Trinajstić information content (AvgIpc) is 2.61. The summed E-state index contributed by atoms with van der Waals surface area (Å²) in [6.45, 7) is 4.81. The summed E-state index contributed by atoms with van der Waals surface area (Å²) in [5.41, 5.74) is 1.08. The van der Waals surface area contributed by atoms with Gasteiger partial charge in [-0.3, -0.25) is 4.79 Å². The van der Waals surface area contributed by atoms with Gasteiger partial charge in [0, 0.05) is 31.2 Å². The Hall–Kier alpha value is -2.34. The lowest BCUT2D eigenvalue weighted by atomic mass is 10.2. The zero-order chi connectivity index (χ0) is 16.9. The van der Waals surface area contributed by atoms with Gasteiger partial charge in [0.1, 0.15) is 5.75 Å². The maximum Gasteiger partial charge on any atom is 0.260 e. The van der Waals surface area contributed by atoms with Crippen LogP contribution < -0.4 is 9.64 Å². The smallest absolute Gasteiger partial charge is 0.260 e. The molecule has 0 N–H and O–H groups in total. The molecule has 1 aliphatic heterocycles. The van der Waals surface area contributed by atoms with Crippen molar-refractivity contribution in [3.8, 4) is 5.75 Å². The van der Waals surface area contributed by atoms with Gasteiger partial charge in [0.2, 0.25) is 0 Å². The number of hydrogen-bond acceptors (Lipinski definition) is 5. The first-order valence-electron chi connectivity index (χ1n) is 7.82. The molecule has 0 bridgehead atoms. The van der Waals surface area contributed by atoms with Gasteiger partial charge in [-0.2, -0.15) is 5.10 Å². The fraction of sp³-hybridized carbons (Fsp3) is 0.353. The zero-order valence-corrected chi connectivity index (χ0v) is 14.2. The predicted molar refractivity (Wildman–Crippen MR) is 92.5 cm³/mol. The number of piperazine rings is 1. The number of aryl methyl sites for hydroxylation is 1. The third-order valence-electron chi connectivity index (χ3n) is 3.91. The predicted octanol–water partition coefficient (Wildman–Crippen LogP) is 2.17. The highest BCUT2D eigenvalue weighted by atomic mass is 35.5. The highest BCUT2D eigenvalue weighted by Crippen LogP contribution is 2.16. The van der Waals surface area contributed by atoms with Crippen LogP contribution in [-0.2, 0) is 4.79 Å². The van der Waals surface area contributed by atoms with E-state index in [0.717, 1.165) is 24.5 Å². The molecule has 6 nitrogen and oxygen atoms in total. The van der Waals surface area contributed by atoms with Crippen LogP contribution in [0.5, 0.6) is 5.75 Å². The molecule has 0 radical (unpaired) electrons. The molecule has 1 aromatic carbocycles. The van der Waals surface area contributed by atoms with Crippen LogP contribution in [0.25, 0.3) is 0 Å². The molecule has 2 aromatic rings. The summed E-state index contributed by atoms with van der Waals surface area (Å²) in [6.07, 6.45) is 1.73. The van der Waals surface area contributed by atoms with Crippen LogP contribution in [0.1, 0.15) is 5.56 Å². The topological polar surface area (TPSA) is 58.6 Å². The number of anilines is 1. The lowest BCUT2D eigenvalue weighted by Crippen LogP contribution is -2.50. The van der Waals surface area contributed by atoms with Crippen LogP contribution in [0, 0.1) is 6.92 Å². The lowest BCUT2D eigenvalue weighted by molar-refractivity contribution is -0.133. The Morgan fingerprint density at radius 1 is 1.21 bits per heavy atom. The molecule has 0 atom stereocenters. The van der Waals surface area contributed by atoms with E-state index in [-0.39, 0.29) is 12.5 Å². The Labute approximate surface area is 146 Å². The van der Waals surface area contributed by atoms with Crippen LogP contribution in [0.2, 0.25) is 5.02 Å². The minimum absolute atomic E-state index is 0.0140. The summed E-state index contributed by atoms with van der Waals surface area (Å²) < 4.78 is 5.52. The maximum atomic E-state index is 12.3. The van der Waals surface area contributed by atoms with E-state index in [4.69, 9.17) is 16.3 Å². The average molecular weight is 347 g/mol. The fourth-order valence-corrected chi connectivity index (χ4v) is 2.68. The van der Waals surface area contributed by atoms with E-state index in [1.54, 1.807) is 30.5 Å². The van der Waals surface area contributed by atoms with Crippen molar-refractivity contribution in [1.82, 2.24) is 15.1 Å². The van der Waals surface area contributed by atoms with Crippen molar-refractivity contribution in [3.63, 3.8) is 0 Å². The zero-order valence-electron chi connectivity index (χ0n) is 13.5. The van der Waals surface area contributed by atoms with Crippen molar-refractivity contribution in [2.45, 2.75) is 6.92 Å². The Kier molecular flexibility index (Phi) is 5.15. The number of ether oxygens (including phenoxy) is 1. The van der Waals surface area contributed by atoms with E-state index in [1.807, 2.05) is 17.9 Å². The van der Waals surface area contributed by atoms with E-state index >= 15 is 0 Å². The number of amides is 1. The molecular formula is C17H19ClN4O2. The third-order valence-corrected chi connectivity index (χ3v) is 4.16. The summed E-state index contributed by atoms with van der Waals surface area (Å²) in [5.74, 6) is 1.49. The summed E-state index contributed by atoms with van der Waals surface area (Å²) >= 11 is 5.83. The molecule has 1 aromatic heterocycles. The Bertz CT molecular complexity index is 700. The first-order valence-corrected chi connectivity index (χ1v) is 8.20. The van der Waals surface area contributed by atoms with Crippen molar-refractivity contribution in [1.29, 1.82) is 0 Å². The van der Waals surface area contributed by atoms with E-state index < -0.39 is 0 Å². The minimum Gasteiger partial charge on any atom is -0.484 e. The van der Waals surface area contributed by atoms with E-state index in [2.05, 4.69) is 15.1 Å². The van der Waals surface area contributed by atoms with Gasteiger partial charge in [-0.1, -0.05) is 11.6 Å². The third kappa shape index (κ3) is 4.14. The second-order valence-electron chi connectivity index (χ2n) is 5.70. The monoisotopic (exact) mass is 346 g/mol. The van der Waals surface area contributed by atoms with Crippen molar-refractivity contribution < 1.29 is 9.53 Å². The molecule has 126 valence electrons. The minimum atomic E-state index is -0.0140. The number of halogens is 1. The van der Waals surface area contributed by atoms with E-state index in [0.29, 0.717) is 23.9 Å². The Morgan fingerprint density at radius 3 is 2.58 bits per heavy atom. The van der Waals surface area contributed by atoms with Crippen molar-refractivity contribution in [3.05, 3.63) is 47.1 Å². The second kappa shape index (κ2) is 7.49. The number of carbonyl (C=O) groups excluding carboxylic acids is 1.